The van der Waals surface area contributed by atoms with Crippen LogP contribution in [0.25, 0.3) is 43.8 Å². The molecule has 0 saturated carbocycles. The van der Waals surface area contributed by atoms with Gasteiger partial charge < -0.3 is 10.8 Å². The van der Waals surface area contributed by atoms with Gasteiger partial charge in [0.15, 0.2) is 0 Å². The molecule has 0 aromatic heterocycles. The molecule has 0 aliphatic rings. The second kappa shape index (κ2) is 6.43. The van der Waals surface area contributed by atoms with Crippen LogP contribution < -0.4 is 5.73 Å². The maximum absolute atomic E-state index is 10.8. The van der Waals surface area contributed by atoms with E-state index in [0.717, 1.165) is 43.8 Å². The number of nitrogens with two attached hydrogens (primary N) is 1. The summed E-state index contributed by atoms with van der Waals surface area (Å²) in [6.45, 7) is 0. The van der Waals surface area contributed by atoms with Crippen LogP contribution in [0.4, 0.5) is 5.69 Å². The normalized spacial score (nSPS) is 11.1. The van der Waals surface area contributed by atoms with E-state index in [9.17, 15) is 5.11 Å². The number of phenols is 1. The zero-order chi connectivity index (χ0) is 19.1. The zero-order valence-corrected chi connectivity index (χ0v) is 15.3. The molecule has 2 nitrogen and oxygen atoms in total. The van der Waals surface area contributed by atoms with Gasteiger partial charge in [-0.1, -0.05) is 78.9 Å². The maximum atomic E-state index is 10.8. The Labute approximate surface area is 163 Å². The van der Waals surface area contributed by atoms with Crippen molar-refractivity contribution >= 4 is 27.2 Å². The first-order valence-electron chi connectivity index (χ1n) is 9.31. The van der Waals surface area contributed by atoms with E-state index in [0.29, 0.717) is 5.69 Å². The first-order chi connectivity index (χ1) is 13.7. The Kier molecular flexibility index (Phi) is 3.77. The number of hydrogen-bond acceptors (Lipinski definition) is 2. The van der Waals surface area contributed by atoms with Gasteiger partial charge in [-0.05, 0) is 50.9 Å². The molecule has 28 heavy (non-hydrogen) atoms. The lowest BCUT2D eigenvalue weighted by molar-refractivity contribution is 0.478. The number of rotatable bonds is 2. The third kappa shape index (κ3) is 2.58. The third-order valence-corrected chi connectivity index (χ3v) is 5.32. The molecule has 0 spiro atoms. The Balaban J connectivity index is 1.88. The first-order valence-corrected chi connectivity index (χ1v) is 9.31. The minimum Gasteiger partial charge on any atom is -0.507 e. The van der Waals surface area contributed by atoms with E-state index in [-0.39, 0.29) is 5.75 Å². The smallest absolute Gasteiger partial charge is 0.124 e. The summed E-state index contributed by atoms with van der Waals surface area (Å²) in [5.41, 5.74) is 11.1. The molecule has 0 heterocycles. The van der Waals surface area contributed by atoms with Crippen molar-refractivity contribution in [3.8, 4) is 28.0 Å². The summed E-state index contributed by atoms with van der Waals surface area (Å²) in [5.74, 6) is 0.239. The molecule has 0 fully saturated rings. The molecule has 5 aromatic carbocycles. The fourth-order valence-electron chi connectivity index (χ4n) is 3.95. The van der Waals surface area contributed by atoms with E-state index in [1.54, 1.807) is 6.07 Å². The van der Waals surface area contributed by atoms with Gasteiger partial charge >= 0.3 is 0 Å². The van der Waals surface area contributed by atoms with Gasteiger partial charge in [0.05, 0.1) is 0 Å². The van der Waals surface area contributed by atoms with Crippen LogP contribution in [0.3, 0.4) is 0 Å². The van der Waals surface area contributed by atoms with E-state index in [1.807, 2.05) is 54.6 Å². The zero-order valence-electron chi connectivity index (χ0n) is 15.3. The summed E-state index contributed by atoms with van der Waals surface area (Å²) in [6, 6.07) is 32.4. The largest absolute Gasteiger partial charge is 0.507 e. The lowest BCUT2D eigenvalue weighted by Gasteiger charge is -2.16. The van der Waals surface area contributed by atoms with Gasteiger partial charge in [-0.15, -0.1) is 0 Å². The number of fused-ring (bicyclic) bond motifs is 2. The predicted octanol–water partition coefficient (Wildman–Crippen LogP) is 6.61. The van der Waals surface area contributed by atoms with Gasteiger partial charge in [0, 0.05) is 16.8 Å². The molecule has 3 N–H and O–H groups in total. The van der Waals surface area contributed by atoms with Gasteiger partial charge in [-0.25, -0.2) is 0 Å². The number of benzene rings is 5. The molecule has 0 aliphatic carbocycles. The quantitative estimate of drug-likeness (QED) is 0.347. The van der Waals surface area contributed by atoms with E-state index in [4.69, 9.17) is 5.73 Å². The average Bonchev–Trinajstić information content (AvgIpc) is 2.75. The summed E-state index contributed by atoms with van der Waals surface area (Å²) in [7, 11) is 0. The maximum Gasteiger partial charge on any atom is 0.124 e. The lowest BCUT2D eigenvalue weighted by Crippen LogP contribution is -1.93. The van der Waals surface area contributed by atoms with Gasteiger partial charge in [-0.2, -0.15) is 0 Å². The monoisotopic (exact) mass is 361 g/mol. The van der Waals surface area contributed by atoms with Crippen molar-refractivity contribution in [1.29, 1.82) is 0 Å². The minimum absolute atomic E-state index is 0.239. The fraction of sp³-hybridized carbons (Fsp3) is 0. The molecule has 0 unspecified atom stereocenters. The summed E-state index contributed by atoms with van der Waals surface area (Å²) in [4.78, 5) is 0. The number of nitrogen functional groups attached to an aromatic ring is 1. The molecule has 0 bridgehead atoms. The summed E-state index contributed by atoms with van der Waals surface area (Å²) < 4.78 is 0. The Morgan fingerprint density at radius 1 is 0.536 bits per heavy atom. The molecule has 0 amide bonds. The number of hydrogen-bond donors (Lipinski definition) is 2. The Morgan fingerprint density at radius 3 is 2.07 bits per heavy atom. The van der Waals surface area contributed by atoms with Crippen molar-refractivity contribution in [2.75, 3.05) is 5.73 Å². The summed E-state index contributed by atoms with van der Waals surface area (Å²) in [6.07, 6.45) is 0. The second-order valence-corrected chi connectivity index (χ2v) is 7.01. The van der Waals surface area contributed by atoms with Crippen LogP contribution in [0, 0.1) is 0 Å². The Hall–Kier alpha value is -3.78. The van der Waals surface area contributed by atoms with E-state index in [2.05, 4.69) is 36.4 Å². The lowest BCUT2D eigenvalue weighted by atomic mass is 9.90. The SMILES string of the molecule is Nc1ccc2ccc(-c3ccccc3)cc2c1-c1c(O)ccc2ccccc12. The van der Waals surface area contributed by atoms with Crippen LogP contribution in [0.2, 0.25) is 0 Å². The van der Waals surface area contributed by atoms with Crippen molar-refractivity contribution in [2.45, 2.75) is 0 Å². The molecule has 0 saturated heterocycles. The highest BCUT2D eigenvalue weighted by molar-refractivity contribution is 6.12. The summed E-state index contributed by atoms with van der Waals surface area (Å²) in [5, 5.41) is 15.0. The second-order valence-electron chi connectivity index (χ2n) is 7.01. The van der Waals surface area contributed by atoms with Crippen molar-refractivity contribution in [1.82, 2.24) is 0 Å². The van der Waals surface area contributed by atoms with Crippen LogP contribution in [0.15, 0.2) is 97.1 Å². The highest BCUT2D eigenvalue weighted by Gasteiger charge is 2.16. The molecule has 0 atom stereocenters. The van der Waals surface area contributed by atoms with Crippen molar-refractivity contribution in [3.63, 3.8) is 0 Å². The van der Waals surface area contributed by atoms with E-state index in [1.165, 1.54) is 0 Å². The molecular weight excluding hydrogens is 342 g/mol. The molecule has 134 valence electrons. The van der Waals surface area contributed by atoms with Crippen LogP contribution >= 0.6 is 0 Å². The van der Waals surface area contributed by atoms with Crippen LogP contribution in [0.5, 0.6) is 5.75 Å². The van der Waals surface area contributed by atoms with Gasteiger partial charge in [0.25, 0.3) is 0 Å². The average molecular weight is 361 g/mol. The van der Waals surface area contributed by atoms with Crippen molar-refractivity contribution in [3.05, 3.63) is 97.1 Å². The molecule has 0 aliphatic heterocycles. The predicted molar refractivity (Wildman–Crippen MR) is 118 cm³/mol. The Morgan fingerprint density at radius 2 is 1.21 bits per heavy atom. The van der Waals surface area contributed by atoms with Crippen LogP contribution in [-0.4, -0.2) is 5.11 Å². The van der Waals surface area contributed by atoms with Gasteiger partial charge in [-0.3, -0.25) is 0 Å². The Bertz CT molecular complexity index is 1320. The standard InChI is InChI=1S/C26H19NO/c27-23-14-12-19-10-11-20(17-6-2-1-3-7-17)16-22(19)25(23)26-21-9-5-4-8-18(21)13-15-24(26)28/h1-16,28H,27H2. The molecule has 2 heteroatoms. The first kappa shape index (κ1) is 16.4. The van der Waals surface area contributed by atoms with Crippen LogP contribution in [-0.2, 0) is 0 Å². The van der Waals surface area contributed by atoms with Crippen molar-refractivity contribution in [2.24, 2.45) is 0 Å². The van der Waals surface area contributed by atoms with Crippen molar-refractivity contribution < 1.29 is 5.11 Å². The van der Waals surface area contributed by atoms with Gasteiger partial charge in [0.1, 0.15) is 5.75 Å². The minimum atomic E-state index is 0.239. The number of aromatic hydroxyl groups is 1. The molecule has 5 aromatic rings. The van der Waals surface area contributed by atoms with Gasteiger partial charge in [0.2, 0.25) is 0 Å². The number of anilines is 1. The van der Waals surface area contributed by atoms with E-state index >= 15 is 0 Å². The molecular formula is C26H19NO. The topological polar surface area (TPSA) is 46.2 Å². The highest BCUT2D eigenvalue weighted by atomic mass is 16.3. The fourth-order valence-corrected chi connectivity index (χ4v) is 3.95. The van der Waals surface area contributed by atoms with E-state index < -0.39 is 0 Å². The highest BCUT2D eigenvalue weighted by Crippen LogP contribution is 2.43. The molecule has 5 rings (SSSR count). The third-order valence-electron chi connectivity index (χ3n) is 5.32. The van der Waals surface area contributed by atoms with Crippen LogP contribution in [0.1, 0.15) is 0 Å². The number of phenolic OH excluding ortho intramolecular Hbond substituents is 1. The molecule has 0 radical (unpaired) electrons. The summed E-state index contributed by atoms with van der Waals surface area (Å²) >= 11 is 0.